The molecule has 0 bridgehead atoms. The van der Waals surface area contributed by atoms with Gasteiger partial charge in [-0.2, -0.15) is 11.8 Å². The molecule has 106 valence electrons. The zero-order valence-corrected chi connectivity index (χ0v) is 11.9. The van der Waals surface area contributed by atoms with Crippen molar-refractivity contribution < 1.29 is 23.1 Å². The monoisotopic (exact) mass is 298 g/mol. The van der Waals surface area contributed by atoms with Crippen molar-refractivity contribution >= 4 is 33.7 Å². The number of carbonyl (C=O) groups excluding carboxylic acids is 1. The molecule has 0 aliphatic carbocycles. The number of carbonyl (C=O) groups is 2. The van der Waals surface area contributed by atoms with Crippen molar-refractivity contribution in [2.24, 2.45) is 0 Å². The van der Waals surface area contributed by atoms with Crippen LogP contribution in [-0.4, -0.2) is 55.7 Å². The van der Waals surface area contributed by atoms with E-state index < -0.39 is 34.5 Å². The van der Waals surface area contributed by atoms with Crippen LogP contribution in [0.25, 0.3) is 0 Å². The maximum atomic E-state index is 11.6. The van der Waals surface area contributed by atoms with Crippen LogP contribution in [0.1, 0.15) is 13.3 Å². The van der Waals surface area contributed by atoms with Crippen molar-refractivity contribution in [1.82, 2.24) is 10.0 Å². The molecule has 0 aliphatic heterocycles. The van der Waals surface area contributed by atoms with Crippen LogP contribution in [0.5, 0.6) is 0 Å². The van der Waals surface area contributed by atoms with E-state index in [0.29, 0.717) is 12.2 Å². The van der Waals surface area contributed by atoms with Crippen LogP contribution >= 0.6 is 11.8 Å². The molecule has 0 rings (SSSR count). The van der Waals surface area contributed by atoms with Crippen molar-refractivity contribution in [3.8, 4) is 0 Å². The van der Waals surface area contributed by atoms with Gasteiger partial charge in [0.2, 0.25) is 15.9 Å². The predicted molar refractivity (Wildman–Crippen MR) is 70.0 cm³/mol. The van der Waals surface area contributed by atoms with Crippen LogP contribution in [0.15, 0.2) is 0 Å². The molecule has 0 aliphatic rings. The molecule has 3 N–H and O–H groups in total. The third kappa shape index (κ3) is 7.51. The minimum atomic E-state index is -3.50. The zero-order valence-electron chi connectivity index (χ0n) is 10.3. The number of nitrogens with one attached hydrogen (secondary N) is 2. The Morgan fingerprint density at radius 3 is 2.44 bits per heavy atom. The average Bonchev–Trinajstić information content (AvgIpc) is 2.31. The number of carboxylic acid groups (broad SMARTS) is 1. The summed E-state index contributed by atoms with van der Waals surface area (Å²) in [5.74, 6) is -1.33. The van der Waals surface area contributed by atoms with Gasteiger partial charge in [-0.15, -0.1) is 0 Å². The number of carboxylic acids is 1. The third-order valence-electron chi connectivity index (χ3n) is 2.04. The van der Waals surface area contributed by atoms with Gasteiger partial charge in [0.15, 0.2) is 0 Å². The maximum Gasteiger partial charge on any atom is 0.322 e. The highest BCUT2D eigenvalue weighted by molar-refractivity contribution is 7.98. The van der Waals surface area contributed by atoms with Gasteiger partial charge >= 0.3 is 5.97 Å². The first-order valence-electron chi connectivity index (χ1n) is 5.30. The fourth-order valence-electron chi connectivity index (χ4n) is 1.07. The highest BCUT2D eigenvalue weighted by atomic mass is 32.2. The summed E-state index contributed by atoms with van der Waals surface area (Å²) in [6, 6.07) is -0.929. The molecule has 0 heterocycles. The van der Waals surface area contributed by atoms with Crippen LogP contribution < -0.4 is 10.0 Å². The van der Waals surface area contributed by atoms with E-state index in [1.165, 1.54) is 18.7 Å². The second-order valence-electron chi connectivity index (χ2n) is 3.47. The topological polar surface area (TPSA) is 113 Å². The standard InChI is InChI=1S/C9H18N2O5S2/c1-3-18(15,16)11-7(4-5-17-2)9(14)10-6-8(12)13/h7,11H,3-6H2,1-2H3,(H,10,14)(H,12,13). The molecule has 0 fully saturated rings. The number of thioether (sulfide) groups is 1. The third-order valence-corrected chi connectivity index (χ3v) is 4.09. The second-order valence-corrected chi connectivity index (χ2v) is 6.50. The van der Waals surface area contributed by atoms with Crippen LogP contribution in [0.2, 0.25) is 0 Å². The number of rotatable bonds is 9. The molecule has 18 heavy (non-hydrogen) atoms. The Morgan fingerprint density at radius 1 is 1.39 bits per heavy atom. The molecule has 0 aromatic rings. The molecule has 0 saturated carbocycles. The van der Waals surface area contributed by atoms with Crippen LogP contribution in [0, 0.1) is 0 Å². The first-order valence-corrected chi connectivity index (χ1v) is 8.35. The highest BCUT2D eigenvalue weighted by Crippen LogP contribution is 2.02. The summed E-state index contributed by atoms with van der Waals surface area (Å²) in [5.41, 5.74) is 0. The summed E-state index contributed by atoms with van der Waals surface area (Å²) < 4.78 is 25.1. The van der Waals surface area contributed by atoms with E-state index in [4.69, 9.17) is 5.11 Å². The minimum absolute atomic E-state index is 0.130. The molecule has 0 aromatic heterocycles. The largest absolute Gasteiger partial charge is 0.480 e. The van der Waals surface area contributed by atoms with Gasteiger partial charge in [-0.25, -0.2) is 13.1 Å². The lowest BCUT2D eigenvalue weighted by Crippen LogP contribution is -2.48. The SMILES string of the molecule is CCS(=O)(=O)NC(CCSC)C(=O)NCC(=O)O. The molecular weight excluding hydrogens is 280 g/mol. The van der Waals surface area contributed by atoms with Crippen molar-refractivity contribution in [2.45, 2.75) is 19.4 Å². The summed E-state index contributed by atoms with van der Waals surface area (Å²) in [5, 5.41) is 10.6. The van der Waals surface area contributed by atoms with E-state index in [-0.39, 0.29) is 5.75 Å². The van der Waals surface area contributed by atoms with Gasteiger partial charge in [-0.3, -0.25) is 9.59 Å². The Hall–Kier alpha value is -0.800. The lowest BCUT2D eigenvalue weighted by molar-refractivity contribution is -0.138. The molecule has 9 heteroatoms. The zero-order chi connectivity index (χ0) is 14.2. The average molecular weight is 298 g/mol. The Balaban J connectivity index is 4.56. The number of aliphatic carboxylic acids is 1. The summed E-state index contributed by atoms with van der Waals surface area (Å²) in [7, 11) is -3.50. The van der Waals surface area contributed by atoms with Crippen molar-refractivity contribution in [1.29, 1.82) is 0 Å². The molecule has 1 unspecified atom stereocenters. The van der Waals surface area contributed by atoms with Crippen molar-refractivity contribution in [2.75, 3.05) is 24.3 Å². The highest BCUT2D eigenvalue weighted by Gasteiger charge is 2.23. The maximum absolute atomic E-state index is 11.6. The van der Waals surface area contributed by atoms with Crippen LogP contribution in [0.3, 0.4) is 0 Å². The number of amides is 1. The Kier molecular flexibility index (Phi) is 7.96. The van der Waals surface area contributed by atoms with Gasteiger partial charge in [-0.05, 0) is 25.4 Å². The molecule has 1 amide bonds. The number of hydrogen-bond acceptors (Lipinski definition) is 5. The van der Waals surface area contributed by atoms with E-state index in [0.717, 1.165) is 0 Å². The van der Waals surface area contributed by atoms with E-state index in [9.17, 15) is 18.0 Å². The van der Waals surface area contributed by atoms with Gasteiger partial charge < -0.3 is 10.4 Å². The normalized spacial score (nSPS) is 13.0. The van der Waals surface area contributed by atoms with Crippen molar-refractivity contribution in [3.63, 3.8) is 0 Å². The molecule has 0 radical (unpaired) electrons. The molecule has 0 aromatic carbocycles. The molecular formula is C9H18N2O5S2. The van der Waals surface area contributed by atoms with E-state index >= 15 is 0 Å². The first-order chi connectivity index (χ1) is 8.32. The minimum Gasteiger partial charge on any atom is -0.480 e. The van der Waals surface area contributed by atoms with Gasteiger partial charge in [0.25, 0.3) is 0 Å². The fourth-order valence-corrected chi connectivity index (χ4v) is 2.36. The van der Waals surface area contributed by atoms with E-state index in [2.05, 4.69) is 10.0 Å². The summed E-state index contributed by atoms with van der Waals surface area (Å²) in [6.07, 6.45) is 2.15. The van der Waals surface area contributed by atoms with Gasteiger partial charge in [-0.1, -0.05) is 0 Å². The lowest BCUT2D eigenvalue weighted by Gasteiger charge is -2.17. The van der Waals surface area contributed by atoms with Gasteiger partial charge in [0.1, 0.15) is 12.6 Å². The Bertz CT molecular complexity index is 382. The number of sulfonamides is 1. The Morgan fingerprint density at radius 2 is 2.00 bits per heavy atom. The molecule has 1 atom stereocenters. The van der Waals surface area contributed by atoms with Crippen LogP contribution in [-0.2, 0) is 19.6 Å². The molecule has 7 nitrogen and oxygen atoms in total. The molecule has 0 spiro atoms. The summed E-state index contributed by atoms with van der Waals surface area (Å²) in [6.45, 7) is 0.936. The van der Waals surface area contributed by atoms with Crippen LogP contribution in [0.4, 0.5) is 0 Å². The summed E-state index contributed by atoms with van der Waals surface area (Å²) >= 11 is 1.47. The molecule has 0 saturated heterocycles. The second kappa shape index (κ2) is 8.33. The van der Waals surface area contributed by atoms with E-state index in [1.807, 2.05) is 6.26 Å². The van der Waals surface area contributed by atoms with Gasteiger partial charge in [0.05, 0.1) is 5.75 Å². The predicted octanol–water partition coefficient (Wildman–Crippen LogP) is -0.752. The Labute approximate surface area is 111 Å². The first kappa shape index (κ1) is 17.2. The van der Waals surface area contributed by atoms with Gasteiger partial charge in [0, 0.05) is 0 Å². The smallest absolute Gasteiger partial charge is 0.322 e. The number of hydrogen-bond donors (Lipinski definition) is 3. The summed E-state index contributed by atoms with van der Waals surface area (Å²) in [4.78, 5) is 22.0. The fraction of sp³-hybridized carbons (Fsp3) is 0.778. The quantitative estimate of drug-likeness (QED) is 0.516. The van der Waals surface area contributed by atoms with E-state index in [1.54, 1.807) is 0 Å². The van der Waals surface area contributed by atoms with Crippen molar-refractivity contribution in [3.05, 3.63) is 0 Å². The lowest BCUT2D eigenvalue weighted by atomic mass is 10.2.